The van der Waals surface area contributed by atoms with Crippen molar-refractivity contribution in [2.45, 2.75) is 32.7 Å². The van der Waals surface area contributed by atoms with E-state index in [9.17, 15) is 5.11 Å². The number of aromatic nitrogens is 2. The summed E-state index contributed by atoms with van der Waals surface area (Å²) in [6.07, 6.45) is 7.49. The SMILES string of the molecule is CCc1nc2c(O)cc(N3CCOCC3)cc2n1Cc1cccc2c1CCC=C2. The van der Waals surface area contributed by atoms with Crippen molar-refractivity contribution >= 4 is 22.8 Å². The van der Waals surface area contributed by atoms with Crippen LogP contribution in [0.5, 0.6) is 5.75 Å². The van der Waals surface area contributed by atoms with E-state index < -0.39 is 0 Å². The molecule has 1 saturated heterocycles. The number of aromatic hydroxyl groups is 1. The van der Waals surface area contributed by atoms with Gasteiger partial charge in [0.05, 0.1) is 18.7 Å². The highest BCUT2D eigenvalue weighted by molar-refractivity contribution is 5.86. The van der Waals surface area contributed by atoms with Gasteiger partial charge in [0.15, 0.2) is 0 Å². The van der Waals surface area contributed by atoms with Crippen molar-refractivity contribution in [2.75, 3.05) is 31.2 Å². The highest BCUT2D eigenvalue weighted by Gasteiger charge is 2.19. The summed E-state index contributed by atoms with van der Waals surface area (Å²) in [7, 11) is 0. The lowest BCUT2D eigenvalue weighted by Gasteiger charge is -2.29. The fourth-order valence-electron chi connectivity index (χ4n) is 4.56. The predicted molar refractivity (Wildman–Crippen MR) is 117 cm³/mol. The number of allylic oxidation sites excluding steroid dienone is 1. The van der Waals surface area contributed by atoms with Crippen LogP contribution in [0.4, 0.5) is 5.69 Å². The lowest BCUT2D eigenvalue weighted by Crippen LogP contribution is -2.36. The van der Waals surface area contributed by atoms with Crippen molar-refractivity contribution in [1.29, 1.82) is 0 Å². The molecule has 0 spiro atoms. The summed E-state index contributed by atoms with van der Waals surface area (Å²) in [4.78, 5) is 7.06. The first-order valence-corrected chi connectivity index (χ1v) is 10.6. The highest BCUT2D eigenvalue weighted by Crippen LogP contribution is 2.33. The van der Waals surface area contributed by atoms with Crippen LogP contribution in [0, 0.1) is 0 Å². The molecule has 2 aromatic carbocycles. The number of hydrogen-bond donors (Lipinski definition) is 1. The Bertz CT molecular complexity index is 1080. The van der Waals surface area contributed by atoms with Gasteiger partial charge in [0.25, 0.3) is 0 Å². The number of imidazole rings is 1. The maximum atomic E-state index is 10.7. The second kappa shape index (κ2) is 7.56. The van der Waals surface area contributed by atoms with Crippen molar-refractivity contribution < 1.29 is 9.84 Å². The molecule has 29 heavy (non-hydrogen) atoms. The third kappa shape index (κ3) is 3.29. The Hall–Kier alpha value is -2.79. The van der Waals surface area contributed by atoms with E-state index in [1.807, 2.05) is 6.07 Å². The number of hydrogen-bond acceptors (Lipinski definition) is 4. The van der Waals surface area contributed by atoms with Gasteiger partial charge in [-0.2, -0.15) is 0 Å². The van der Waals surface area contributed by atoms with Gasteiger partial charge in [-0.3, -0.25) is 0 Å². The molecule has 0 amide bonds. The number of morpholine rings is 1. The Labute approximate surface area is 171 Å². The Morgan fingerprint density at radius 3 is 2.86 bits per heavy atom. The van der Waals surface area contributed by atoms with Gasteiger partial charge in [0.1, 0.15) is 17.1 Å². The van der Waals surface area contributed by atoms with Gasteiger partial charge in [0.2, 0.25) is 0 Å². The number of fused-ring (bicyclic) bond motifs is 2. The lowest BCUT2D eigenvalue weighted by atomic mass is 9.92. The number of phenolic OH excluding ortho intramolecular Hbond substituents is 1. The number of nitrogens with zero attached hydrogens (tertiary/aromatic N) is 3. The Morgan fingerprint density at radius 2 is 2.03 bits per heavy atom. The van der Waals surface area contributed by atoms with Crippen LogP contribution in [-0.4, -0.2) is 41.0 Å². The normalized spacial score (nSPS) is 16.4. The van der Waals surface area contributed by atoms with Gasteiger partial charge < -0.3 is 19.3 Å². The number of ether oxygens (including phenoxy) is 1. The molecule has 5 nitrogen and oxygen atoms in total. The molecule has 1 N–H and O–H groups in total. The quantitative estimate of drug-likeness (QED) is 0.728. The monoisotopic (exact) mass is 389 g/mol. The Balaban J connectivity index is 1.61. The zero-order valence-electron chi connectivity index (χ0n) is 16.9. The molecule has 2 heterocycles. The van der Waals surface area contributed by atoms with E-state index >= 15 is 0 Å². The molecule has 1 aromatic heterocycles. The number of benzene rings is 2. The van der Waals surface area contributed by atoms with Crippen LogP contribution in [0.2, 0.25) is 0 Å². The molecular formula is C24H27N3O2. The summed E-state index contributed by atoms with van der Waals surface area (Å²) in [5.74, 6) is 1.27. The van der Waals surface area contributed by atoms with Gasteiger partial charge in [-0.15, -0.1) is 0 Å². The summed E-state index contributed by atoms with van der Waals surface area (Å²) in [5, 5.41) is 10.7. The third-order valence-corrected chi connectivity index (χ3v) is 6.09. The first-order valence-electron chi connectivity index (χ1n) is 10.6. The molecule has 5 heteroatoms. The number of phenols is 1. The van der Waals surface area contributed by atoms with Crippen LogP contribution in [-0.2, 0) is 24.1 Å². The fourth-order valence-corrected chi connectivity index (χ4v) is 4.56. The summed E-state index contributed by atoms with van der Waals surface area (Å²) in [6.45, 7) is 6.05. The number of rotatable bonds is 4. The number of aryl methyl sites for hydroxylation is 1. The van der Waals surface area contributed by atoms with E-state index in [0.29, 0.717) is 5.52 Å². The van der Waals surface area contributed by atoms with E-state index in [0.717, 1.165) is 69.1 Å². The molecule has 0 saturated carbocycles. The molecule has 3 aromatic rings. The summed E-state index contributed by atoms with van der Waals surface area (Å²) >= 11 is 0. The summed E-state index contributed by atoms with van der Waals surface area (Å²) in [5.41, 5.74) is 6.86. The minimum absolute atomic E-state index is 0.260. The molecule has 2 aliphatic rings. The van der Waals surface area contributed by atoms with Crippen molar-refractivity contribution in [3.8, 4) is 5.75 Å². The second-order valence-electron chi connectivity index (χ2n) is 7.83. The van der Waals surface area contributed by atoms with Crippen LogP contribution >= 0.6 is 0 Å². The zero-order chi connectivity index (χ0) is 19.8. The largest absolute Gasteiger partial charge is 0.506 e. The highest BCUT2D eigenvalue weighted by atomic mass is 16.5. The van der Waals surface area contributed by atoms with E-state index in [-0.39, 0.29) is 5.75 Å². The maximum absolute atomic E-state index is 10.7. The number of anilines is 1. The van der Waals surface area contributed by atoms with E-state index in [4.69, 9.17) is 9.72 Å². The second-order valence-corrected chi connectivity index (χ2v) is 7.83. The zero-order valence-corrected chi connectivity index (χ0v) is 16.9. The first-order chi connectivity index (χ1) is 14.2. The Kier molecular flexibility index (Phi) is 4.76. The smallest absolute Gasteiger partial charge is 0.145 e. The van der Waals surface area contributed by atoms with Crippen LogP contribution in [0.1, 0.15) is 35.9 Å². The first kappa shape index (κ1) is 18.3. The molecular weight excluding hydrogens is 362 g/mol. The standard InChI is InChI=1S/C24H27N3O2/c1-2-23-25-24-21(14-19(15-22(24)28)26-10-12-29-13-11-26)27(23)16-18-8-5-7-17-6-3-4-9-20(17)18/h3,5-8,14-15,28H,2,4,9-13,16H2,1H3. The van der Waals surface area contributed by atoms with Crippen molar-refractivity contribution in [2.24, 2.45) is 0 Å². The maximum Gasteiger partial charge on any atom is 0.145 e. The van der Waals surface area contributed by atoms with Gasteiger partial charge in [-0.05, 0) is 35.6 Å². The van der Waals surface area contributed by atoms with Gasteiger partial charge in [-0.1, -0.05) is 37.3 Å². The van der Waals surface area contributed by atoms with Gasteiger partial charge >= 0.3 is 0 Å². The van der Waals surface area contributed by atoms with Crippen molar-refractivity contribution in [1.82, 2.24) is 9.55 Å². The van der Waals surface area contributed by atoms with E-state index in [1.165, 1.54) is 16.7 Å². The van der Waals surface area contributed by atoms with Crippen molar-refractivity contribution in [3.63, 3.8) is 0 Å². The third-order valence-electron chi connectivity index (χ3n) is 6.09. The van der Waals surface area contributed by atoms with Crippen molar-refractivity contribution in [3.05, 3.63) is 58.9 Å². The van der Waals surface area contributed by atoms with Crippen LogP contribution < -0.4 is 4.90 Å². The molecule has 1 aliphatic carbocycles. The summed E-state index contributed by atoms with van der Waals surface area (Å²) < 4.78 is 7.77. The molecule has 1 aliphatic heterocycles. The minimum atomic E-state index is 0.260. The Morgan fingerprint density at radius 1 is 1.17 bits per heavy atom. The van der Waals surface area contributed by atoms with Crippen LogP contribution in [0.3, 0.4) is 0 Å². The summed E-state index contributed by atoms with van der Waals surface area (Å²) in [6, 6.07) is 10.6. The molecule has 150 valence electrons. The average molecular weight is 389 g/mol. The van der Waals surface area contributed by atoms with Gasteiger partial charge in [-0.25, -0.2) is 4.98 Å². The molecule has 1 fully saturated rings. The van der Waals surface area contributed by atoms with Crippen LogP contribution in [0.15, 0.2) is 36.4 Å². The predicted octanol–water partition coefficient (Wildman–Crippen LogP) is 4.15. The fraction of sp³-hybridized carbons (Fsp3) is 0.375. The van der Waals surface area contributed by atoms with E-state index in [1.54, 1.807) is 0 Å². The minimum Gasteiger partial charge on any atom is -0.506 e. The molecule has 5 rings (SSSR count). The molecule has 0 atom stereocenters. The molecule has 0 radical (unpaired) electrons. The topological polar surface area (TPSA) is 50.5 Å². The molecule has 0 bridgehead atoms. The van der Waals surface area contributed by atoms with E-state index in [2.05, 4.69) is 52.8 Å². The van der Waals surface area contributed by atoms with Crippen LogP contribution in [0.25, 0.3) is 17.1 Å². The average Bonchev–Trinajstić information content (AvgIpc) is 3.13. The lowest BCUT2D eigenvalue weighted by molar-refractivity contribution is 0.122. The molecule has 0 unspecified atom stereocenters. The van der Waals surface area contributed by atoms with Gasteiger partial charge in [0, 0.05) is 37.8 Å².